The van der Waals surface area contributed by atoms with E-state index in [1.165, 1.54) is 0 Å². The number of anilines is 2. The van der Waals surface area contributed by atoms with Gasteiger partial charge in [-0.2, -0.15) is 0 Å². The van der Waals surface area contributed by atoms with Crippen molar-refractivity contribution in [3.05, 3.63) is 70.2 Å². The maximum absolute atomic E-state index is 13.9. The monoisotopic (exact) mass is 660 g/mol. The molecule has 0 radical (unpaired) electrons. The Bertz CT molecular complexity index is 1580. The van der Waals surface area contributed by atoms with Crippen LogP contribution in [-0.4, -0.2) is 91.3 Å². The molecule has 250 valence electrons. The van der Waals surface area contributed by atoms with E-state index in [9.17, 15) is 9.59 Å². The number of nitrogens with zero attached hydrogens (tertiary/aromatic N) is 6. The third-order valence-electron chi connectivity index (χ3n) is 9.76. The SMILES string of the molecule is COc1cc2c(cc1OC(C)C)[C@H](c1ccc(Cl)cc1)N(c1ccc(N(C)C[C@H]3CC[C@H](N4CCN(C)C(=O)C4)CC3)nn1)C(=O)C2. The summed E-state index contributed by atoms with van der Waals surface area (Å²) >= 11 is 6.26. The van der Waals surface area contributed by atoms with Gasteiger partial charge in [0.1, 0.15) is 0 Å². The van der Waals surface area contributed by atoms with Gasteiger partial charge >= 0.3 is 0 Å². The zero-order valence-electron chi connectivity index (χ0n) is 28.0. The first kappa shape index (κ1) is 33.0. The van der Waals surface area contributed by atoms with Crippen LogP contribution in [0.25, 0.3) is 0 Å². The summed E-state index contributed by atoms with van der Waals surface area (Å²) in [5.41, 5.74) is 2.74. The second-order valence-electron chi connectivity index (χ2n) is 13.4. The van der Waals surface area contributed by atoms with Gasteiger partial charge in [0, 0.05) is 44.8 Å². The third kappa shape index (κ3) is 7.18. The Kier molecular flexibility index (Phi) is 9.89. The average Bonchev–Trinajstić information content (AvgIpc) is 3.06. The van der Waals surface area contributed by atoms with Gasteiger partial charge in [-0.15, -0.1) is 10.2 Å². The van der Waals surface area contributed by atoms with Gasteiger partial charge in [-0.25, -0.2) is 0 Å². The van der Waals surface area contributed by atoms with Crippen LogP contribution in [0.3, 0.4) is 0 Å². The Hall–Kier alpha value is -3.89. The van der Waals surface area contributed by atoms with Crippen LogP contribution in [0.4, 0.5) is 11.6 Å². The number of piperazine rings is 1. The number of hydrogen-bond donors (Lipinski definition) is 0. The number of methoxy groups -OCH3 is 1. The number of halogens is 1. The van der Waals surface area contributed by atoms with Crippen molar-refractivity contribution in [2.45, 2.75) is 64.1 Å². The van der Waals surface area contributed by atoms with Crippen molar-refractivity contribution in [1.82, 2.24) is 20.0 Å². The number of fused-ring (bicyclic) bond motifs is 1. The van der Waals surface area contributed by atoms with E-state index in [4.69, 9.17) is 21.1 Å². The van der Waals surface area contributed by atoms with Crippen LogP contribution in [0.2, 0.25) is 5.02 Å². The molecule has 6 rings (SSSR count). The highest BCUT2D eigenvalue weighted by Crippen LogP contribution is 2.43. The maximum Gasteiger partial charge on any atom is 0.236 e. The lowest BCUT2D eigenvalue weighted by Gasteiger charge is -2.41. The molecule has 11 heteroatoms. The molecule has 2 fully saturated rings. The fourth-order valence-corrected chi connectivity index (χ4v) is 7.33. The summed E-state index contributed by atoms with van der Waals surface area (Å²) in [7, 11) is 5.55. The van der Waals surface area contributed by atoms with Crippen molar-refractivity contribution in [2.75, 3.05) is 57.2 Å². The summed E-state index contributed by atoms with van der Waals surface area (Å²) in [5, 5.41) is 9.84. The van der Waals surface area contributed by atoms with Crippen molar-refractivity contribution in [1.29, 1.82) is 0 Å². The summed E-state index contributed by atoms with van der Waals surface area (Å²) in [6.07, 6.45) is 4.62. The number of carbonyl (C=O) groups excluding carboxylic acids is 2. The van der Waals surface area contributed by atoms with Crippen LogP contribution >= 0.6 is 11.6 Å². The number of amides is 2. The number of aromatic nitrogens is 2. The molecule has 10 nitrogen and oxygen atoms in total. The fourth-order valence-electron chi connectivity index (χ4n) is 7.21. The van der Waals surface area contributed by atoms with E-state index in [1.807, 2.05) is 74.3 Å². The number of benzene rings is 2. The van der Waals surface area contributed by atoms with Gasteiger partial charge in [-0.1, -0.05) is 23.7 Å². The summed E-state index contributed by atoms with van der Waals surface area (Å²) in [6.45, 7) is 7.15. The molecule has 2 aliphatic heterocycles. The number of carbonyl (C=O) groups is 2. The zero-order valence-corrected chi connectivity index (χ0v) is 28.7. The molecule has 2 amide bonds. The quantitative estimate of drug-likeness (QED) is 0.303. The molecule has 3 aromatic rings. The average molecular weight is 661 g/mol. The van der Waals surface area contributed by atoms with Crippen LogP contribution in [0.5, 0.6) is 11.5 Å². The predicted molar refractivity (Wildman–Crippen MR) is 184 cm³/mol. The van der Waals surface area contributed by atoms with E-state index >= 15 is 0 Å². The lowest BCUT2D eigenvalue weighted by Crippen LogP contribution is -2.53. The standard InChI is InChI=1S/C36H45ClN6O4/c1-23(2)47-31-20-29-26(18-30(31)46-5)19-34(44)43(36(29)25-8-10-27(37)11-9-25)33-15-14-32(38-39-33)41(4)21-24-6-12-28(13-7-24)42-17-16-40(3)35(45)22-42/h8-11,14-15,18,20,23-24,28,36H,6-7,12-13,16-17,19,21-22H2,1-5H3/t24-,28-,36-/m0/s1. The van der Waals surface area contributed by atoms with Crippen LogP contribution in [-0.2, 0) is 16.0 Å². The van der Waals surface area contributed by atoms with Gasteiger partial charge < -0.3 is 19.3 Å². The first-order valence-electron chi connectivity index (χ1n) is 16.6. The molecular formula is C36H45ClN6O4. The van der Waals surface area contributed by atoms with E-state index in [0.717, 1.165) is 67.8 Å². The fraction of sp³-hybridized carbons (Fsp3) is 0.500. The second kappa shape index (κ2) is 14.1. The highest BCUT2D eigenvalue weighted by Gasteiger charge is 2.37. The number of hydrogen-bond acceptors (Lipinski definition) is 8. The van der Waals surface area contributed by atoms with Gasteiger partial charge in [0.25, 0.3) is 0 Å². The first-order valence-corrected chi connectivity index (χ1v) is 17.0. The predicted octanol–water partition coefficient (Wildman–Crippen LogP) is 5.37. The van der Waals surface area contributed by atoms with E-state index in [-0.39, 0.29) is 24.3 Å². The van der Waals surface area contributed by atoms with Crippen LogP contribution in [0.15, 0.2) is 48.5 Å². The molecule has 1 aliphatic carbocycles. The van der Waals surface area contributed by atoms with Gasteiger partial charge in [-0.3, -0.25) is 19.4 Å². The van der Waals surface area contributed by atoms with Crippen molar-refractivity contribution in [3.8, 4) is 11.5 Å². The molecule has 3 heterocycles. The minimum absolute atomic E-state index is 0.0506. The number of likely N-dealkylation sites (N-methyl/N-ethyl adjacent to an activating group) is 1. The highest BCUT2D eigenvalue weighted by atomic mass is 35.5. The van der Waals surface area contributed by atoms with Gasteiger partial charge in [0.15, 0.2) is 23.1 Å². The lowest BCUT2D eigenvalue weighted by atomic mass is 9.84. The first-order chi connectivity index (χ1) is 22.6. The highest BCUT2D eigenvalue weighted by molar-refractivity contribution is 6.30. The van der Waals surface area contributed by atoms with E-state index in [1.54, 1.807) is 12.0 Å². The Labute approximate surface area is 282 Å². The molecule has 47 heavy (non-hydrogen) atoms. The molecular weight excluding hydrogens is 616 g/mol. The zero-order chi connectivity index (χ0) is 33.2. The third-order valence-corrected chi connectivity index (χ3v) is 10.0. The number of ether oxygens (including phenoxy) is 2. The topological polar surface area (TPSA) is 91.3 Å². The van der Waals surface area contributed by atoms with E-state index < -0.39 is 6.04 Å². The van der Waals surface area contributed by atoms with Crippen molar-refractivity contribution in [3.63, 3.8) is 0 Å². The Morgan fingerprint density at radius 3 is 2.34 bits per heavy atom. The molecule has 0 spiro atoms. The van der Waals surface area contributed by atoms with Crippen LogP contribution < -0.4 is 19.3 Å². The molecule has 2 aromatic carbocycles. The Morgan fingerprint density at radius 1 is 0.957 bits per heavy atom. The molecule has 0 unspecified atom stereocenters. The lowest BCUT2D eigenvalue weighted by molar-refractivity contribution is -0.135. The normalized spacial score (nSPS) is 22.0. The van der Waals surface area contributed by atoms with Gasteiger partial charge in [0.2, 0.25) is 11.8 Å². The Morgan fingerprint density at radius 2 is 1.70 bits per heavy atom. The van der Waals surface area contributed by atoms with Crippen LogP contribution in [0.1, 0.15) is 62.3 Å². The molecule has 1 aromatic heterocycles. The molecule has 1 atom stereocenters. The Balaban J connectivity index is 1.19. The van der Waals surface area contributed by atoms with Crippen molar-refractivity contribution in [2.24, 2.45) is 5.92 Å². The van der Waals surface area contributed by atoms with Crippen molar-refractivity contribution >= 4 is 35.1 Å². The van der Waals surface area contributed by atoms with E-state index in [2.05, 4.69) is 27.0 Å². The summed E-state index contributed by atoms with van der Waals surface area (Å²) in [4.78, 5) is 34.2. The summed E-state index contributed by atoms with van der Waals surface area (Å²) < 4.78 is 11.8. The largest absolute Gasteiger partial charge is 0.493 e. The maximum atomic E-state index is 13.9. The van der Waals surface area contributed by atoms with Crippen LogP contribution in [0, 0.1) is 5.92 Å². The van der Waals surface area contributed by atoms with Gasteiger partial charge in [-0.05, 0) is 98.5 Å². The molecule has 1 saturated carbocycles. The molecule has 1 saturated heterocycles. The van der Waals surface area contributed by atoms with E-state index in [0.29, 0.717) is 40.8 Å². The smallest absolute Gasteiger partial charge is 0.236 e. The minimum Gasteiger partial charge on any atom is -0.493 e. The second-order valence-corrected chi connectivity index (χ2v) is 13.8. The summed E-state index contributed by atoms with van der Waals surface area (Å²) in [5.74, 6) is 3.18. The molecule has 0 N–H and O–H groups in total. The van der Waals surface area contributed by atoms with Crippen molar-refractivity contribution < 1.29 is 19.1 Å². The summed E-state index contributed by atoms with van der Waals surface area (Å²) in [6, 6.07) is 15.3. The molecule has 0 bridgehead atoms. The van der Waals surface area contributed by atoms with Gasteiger partial charge in [0.05, 0.1) is 32.2 Å². The minimum atomic E-state index is -0.451. The number of rotatable bonds is 9. The molecule has 3 aliphatic rings.